The summed E-state index contributed by atoms with van der Waals surface area (Å²) >= 11 is 2.09. The molecule has 0 unspecified atom stereocenters. The van der Waals surface area contributed by atoms with Gasteiger partial charge in [0.1, 0.15) is 11.9 Å². The lowest BCUT2D eigenvalue weighted by molar-refractivity contribution is 0.627. The lowest BCUT2D eigenvalue weighted by Crippen LogP contribution is -1.99. The lowest BCUT2D eigenvalue weighted by atomic mass is 10.2. The lowest BCUT2D eigenvalue weighted by Gasteiger charge is -2.06. The Balaban J connectivity index is 2.30. The van der Waals surface area contributed by atoms with E-state index in [-0.39, 0.29) is 5.56 Å². The Labute approximate surface area is 111 Å². The van der Waals surface area contributed by atoms with E-state index in [2.05, 4.69) is 37.9 Å². The zero-order valence-corrected chi connectivity index (χ0v) is 10.6. The monoisotopic (exact) mass is 340 g/mol. The number of hydrogen-bond donors (Lipinski definition) is 1. The van der Waals surface area contributed by atoms with Gasteiger partial charge >= 0.3 is 0 Å². The number of benzene rings is 1. The number of nitrogens with zero attached hydrogens (tertiary/aromatic N) is 3. The van der Waals surface area contributed by atoms with Gasteiger partial charge < -0.3 is 5.32 Å². The van der Waals surface area contributed by atoms with E-state index in [1.807, 2.05) is 6.07 Å². The Morgan fingerprint density at radius 1 is 1.29 bits per heavy atom. The van der Waals surface area contributed by atoms with Crippen LogP contribution in [0.25, 0.3) is 0 Å². The number of nitriles is 1. The standard InChI is InChI=1S/C11H6FIN4/c12-8-1-2-10(7(3-8)4-14)17-11-15-5-9(13)6-16-11/h1-3,5-6H,(H,15,16,17). The SMILES string of the molecule is N#Cc1cc(F)ccc1Nc1ncc(I)cn1. The average Bonchev–Trinajstić information content (AvgIpc) is 2.34. The molecule has 84 valence electrons. The van der Waals surface area contributed by atoms with Crippen LogP contribution in [0.3, 0.4) is 0 Å². The third kappa shape index (κ3) is 2.88. The first-order valence-electron chi connectivity index (χ1n) is 4.63. The van der Waals surface area contributed by atoms with Crippen LogP contribution in [0.2, 0.25) is 0 Å². The van der Waals surface area contributed by atoms with Gasteiger partial charge in [-0.25, -0.2) is 14.4 Å². The molecule has 0 aliphatic heterocycles. The average molecular weight is 340 g/mol. The number of aromatic nitrogens is 2. The zero-order valence-electron chi connectivity index (χ0n) is 8.48. The molecule has 1 N–H and O–H groups in total. The summed E-state index contributed by atoms with van der Waals surface area (Å²) in [4.78, 5) is 8.08. The Bertz CT molecular complexity index is 577. The molecule has 0 saturated heterocycles. The van der Waals surface area contributed by atoms with Gasteiger partial charge in [0.15, 0.2) is 0 Å². The summed E-state index contributed by atoms with van der Waals surface area (Å²) in [5, 5.41) is 11.7. The Hall–Kier alpha value is -1.75. The van der Waals surface area contributed by atoms with E-state index in [4.69, 9.17) is 5.26 Å². The van der Waals surface area contributed by atoms with E-state index in [0.29, 0.717) is 11.6 Å². The molecular formula is C11H6FIN4. The molecule has 1 heterocycles. The van der Waals surface area contributed by atoms with Crippen molar-refractivity contribution >= 4 is 34.2 Å². The fraction of sp³-hybridized carbons (Fsp3) is 0. The second-order valence-corrected chi connectivity index (χ2v) is 4.40. The molecule has 0 bridgehead atoms. The van der Waals surface area contributed by atoms with Crippen molar-refractivity contribution in [3.8, 4) is 6.07 Å². The van der Waals surface area contributed by atoms with Crippen LogP contribution in [-0.4, -0.2) is 9.97 Å². The van der Waals surface area contributed by atoms with Crippen molar-refractivity contribution in [3.05, 3.63) is 45.5 Å². The predicted molar refractivity (Wildman–Crippen MR) is 69.1 cm³/mol. The van der Waals surface area contributed by atoms with Crippen molar-refractivity contribution in [2.24, 2.45) is 0 Å². The third-order valence-electron chi connectivity index (χ3n) is 1.97. The Morgan fingerprint density at radius 3 is 2.65 bits per heavy atom. The maximum atomic E-state index is 12.9. The van der Waals surface area contributed by atoms with Gasteiger partial charge in [0.25, 0.3) is 0 Å². The topological polar surface area (TPSA) is 61.6 Å². The molecule has 4 nitrogen and oxygen atoms in total. The maximum Gasteiger partial charge on any atom is 0.227 e. The zero-order chi connectivity index (χ0) is 12.3. The van der Waals surface area contributed by atoms with Gasteiger partial charge in [-0.3, -0.25) is 0 Å². The Morgan fingerprint density at radius 2 is 2.00 bits per heavy atom. The second kappa shape index (κ2) is 5.05. The smallest absolute Gasteiger partial charge is 0.227 e. The van der Waals surface area contributed by atoms with Gasteiger partial charge in [-0.2, -0.15) is 5.26 Å². The highest BCUT2D eigenvalue weighted by Gasteiger charge is 2.05. The molecule has 0 atom stereocenters. The fourth-order valence-corrected chi connectivity index (χ4v) is 1.49. The van der Waals surface area contributed by atoms with Crippen molar-refractivity contribution in [1.29, 1.82) is 5.26 Å². The van der Waals surface area contributed by atoms with Gasteiger partial charge in [-0.1, -0.05) is 0 Å². The van der Waals surface area contributed by atoms with E-state index < -0.39 is 5.82 Å². The third-order valence-corrected chi connectivity index (χ3v) is 2.53. The molecule has 17 heavy (non-hydrogen) atoms. The summed E-state index contributed by atoms with van der Waals surface area (Å²) < 4.78 is 13.8. The van der Waals surface area contributed by atoms with Crippen molar-refractivity contribution in [2.45, 2.75) is 0 Å². The Kier molecular flexibility index (Phi) is 3.49. The van der Waals surface area contributed by atoms with Gasteiger partial charge in [-0.15, -0.1) is 0 Å². The van der Waals surface area contributed by atoms with E-state index in [1.54, 1.807) is 12.4 Å². The van der Waals surface area contributed by atoms with Crippen LogP contribution in [0.15, 0.2) is 30.6 Å². The van der Waals surface area contributed by atoms with Gasteiger partial charge in [0.2, 0.25) is 5.95 Å². The van der Waals surface area contributed by atoms with Gasteiger partial charge in [0, 0.05) is 16.0 Å². The van der Waals surface area contributed by atoms with Crippen molar-refractivity contribution < 1.29 is 4.39 Å². The van der Waals surface area contributed by atoms with Crippen LogP contribution in [0.4, 0.5) is 16.0 Å². The summed E-state index contributed by atoms with van der Waals surface area (Å²) in [5.41, 5.74) is 0.697. The molecule has 1 aromatic heterocycles. The molecule has 0 aliphatic rings. The molecule has 1 aromatic carbocycles. The summed E-state index contributed by atoms with van der Waals surface area (Å²) in [6, 6.07) is 5.83. The normalized spacial score (nSPS) is 9.71. The molecule has 0 amide bonds. The summed E-state index contributed by atoms with van der Waals surface area (Å²) in [7, 11) is 0. The van der Waals surface area contributed by atoms with Gasteiger partial charge in [0.05, 0.1) is 11.3 Å². The first-order valence-corrected chi connectivity index (χ1v) is 5.71. The van der Waals surface area contributed by atoms with Crippen molar-refractivity contribution in [3.63, 3.8) is 0 Å². The molecule has 0 radical (unpaired) electrons. The molecule has 0 aliphatic carbocycles. The molecule has 2 aromatic rings. The van der Waals surface area contributed by atoms with Crippen LogP contribution in [0.1, 0.15) is 5.56 Å². The molecule has 0 fully saturated rings. The number of rotatable bonds is 2. The highest BCUT2D eigenvalue weighted by atomic mass is 127. The largest absolute Gasteiger partial charge is 0.323 e. The highest BCUT2D eigenvalue weighted by Crippen LogP contribution is 2.19. The number of halogens is 2. The number of nitrogens with one attached hydrogen (secondary N) is 1. The second-order valence-electron chi connectivity index (χ2n) is 3.15. The summed E-state index contributed by atoms with van der Waals surface area (Å²) in [6.45, 7) is 0. The van der Waals surface area contributed by atoms with Crippen molar-refractivity contribution in [2.75, 3.05) is 5.32 Å². The van der Waals surface area contributed by atoms with Crippen LogP contribution >= 0.6 is 22.6 Å². The van der Waals surface area contributed by atoms with Crippen LogP contribution in [0.5, 0.6) is 0 Å². The molecule has 6 heteroatoms. The first kappa shape index (κ1) is 11.7. The highest BCUT2D eigenvalue weighted by molar-refractivity contribution is 14.1. The minimum absolute atomic E-state index is 0.215. The summed E-state index contributed by atoms with van der Waals surface area (Å²) in [5.74, 6) is -0.0795. The van der Waals surface area contributed by atoms with E-state index in [9.17, 15) is 4.39 Å². The van der Waals surface area contributed by atoms with Crippen molar-refractivity contribution in [1.82, 2.24) is 9.97 Å². The molecular weight excluding hydrogens is 334 g/mol. The molecule has 0 saturated carbocycles. The van der Waals surface area contributed by atoms with Crippen LogP contribution in [0, 0.1) is 20.7 Å². The minimum Gasteiger partial charge on any atom is -0.323 e. The number of hydrogen-bond acceptors (Lipinski definition) is 4. The molecule has 0 spiro atoms. The van der Waals surface area contributed by atoms with Crippen LogP contribution < -0.4 is 5.32 Å². The fourth-order valence-electron chi connectivity index (χ4n) is 1.22. The van der Waals surface area contributed by atoms with Gasteiger partial charge in [-0.05, 0) is 40.8 Å². The van der Waals surface area contributed by atoms with E-state index >= 15 is 0 Å². The van der Waals surface area contributed by atoms with E-state index in [0.717, 1.165) is 9.64 Å². The first-order chi connectivity index (χ1) is 8.19. The maximum absolute atomic E-state index is 12.9. The van der Waals surface area contributed by atoms with Crippen LogP contribution in [-0.2, 0) is 0 Å². The summed E-state index contributed by atoms with van der Waals surface area (Å²) in [6.07, 6.45) is 3.29. The quantitative estimate of drug-likeness (QED) is 0.854. The number of anilines is 2. The predicted octanol–water partition coefficient (Wildman–Crippen LogP) is 2.84. The van der Waals surface area contributed by atoms with E-state index in [1.165, 1.54) is 12.1 Å². The molecule has 2 rings (SSSR count). The minimum atomic E-state index is -0.448.